The van der Waals surface area contributed by atoms with E-state index >= 15 is 0 Å². The Labute approximate surface area is 122 Å². The van der Waals surface area contributed by atoms with Crippen molar-refractivity contribution in [2.75, 3.05) is 5.32 Å². The lowest BCUT2D eigenvalue weighted by molar-refractivity contribution is -0.385. The summed E-state index contributed by atoms with van der Waals surface area (Å²) in [7, 11) is 0. The summed E-state index contributed by atoms with van der Waals surface area (Å²) in [4.78, 5) is 13.2. The SMILES string of the molecule is Cc1ccc(C(C)Nc2cc([N+](=O)[O-])c(C)cc2C)s1. The van der Waals surface area contributed by atoms with Crippen molar-refractivity contribution in [3.8, 4) is 0 Å². The second-order valence-corrected chi connectivity index (χ2v) is 6.34. The van der Waals surface area contributed by atoms with Crippen LogP contribution in [0.1, 0.15) is 33.8 Å². The zero-order chi connectivity index (χ0) is 14.9. The van der Waals surface area contributed by atoms with Crippen LogP contribution in [0.3, 0.4) is 0 Å². The Morgan fingerprint density at radius 1 is 1.20 bits per heavy atom. The van der Waals surface area contributed by atoms with Gasteiger partial charge in [-0.05, 0) is 51.5 Å². The van der Waals surface area contributed by atoms with Gasteiger partial charge in [0.05, 0.1) is 11.0 Å². The molecule has 5 heteroatoms. The summed E-state index contributed by atoms with van der Waals surface area (Å²) in [6.07, 6.45) is 0. The summed E-state index contributed by atoms with van der Waals surface area (Å²) in [6.45, 7) is 7.87. The van der Waals surface area contributed by atoms with Crippen LogP contribution in [0.2, 0.25) is 0 Å². The molecule has 1 aromatic heterocycles. The molecule has 0 fully saturated rings. The van der Waals surface area contributed by atoms with E-state index in [0.29, 0.717) is 5.56 Å². The molecule has 0 amide bonds. The molecule has 0 radical (unpaired) electrons. The molecule has 1 atom stereocenters. The molecule has 0 aliphatic carbocycles. The third-order valence-electron chi connectivity index (χ3n) is 3.30. The molecule has 4 nitrogen and oxygen atoms in total. The third-order valence-corrected chi connectivity index (χ3v) is 4.48. The predicted molar refractivity (Wildman–Crippen MR) is 83.7 cm³/mol. The number of hydrogen-bond donors (Lipinski definition) is 1. The number of thiophene rings is 1. The van der Waals surface area contributed by atoms with Crippen molar-refractivity contribution in [3.63, 3.8) is 0 Å². The number of nitrogens with zero attached hydrogens (tertiary/aromatic N) is 1. The van der Waals surface area contributed by atoms with Gasteiger partial charge in [-0.2, -0.15) is 0 Å². The first kappa shape index (κ1) is 14.5. The Balaban J connectivity index is 2.29. The van der Waals surface area contributed by atoms with Gasteiger partial charge in [0, 0.05) is 27.1 Å². The molecule has 0 spiro atoms. The second-order valence-electron chi connectivity index (χ2n) is 5.03. The summed E-state index contributed by atoms with van der Waals surface area (Å²) in [6, 6.07) is 7.79. The molecular formula is C15H18N2O2S. The highest BCUT2D eigenvalue weighted by molar-refractivity contribution is 7.12. The standard InChI is InChI=1S/C15H18N2O2S/c1-9-7-10(2)14(17(18)19)8-13(9)16-12(4)15-6-5-11(3)20-15/h5-8,12,16H,1-4H3. The second kappa shape index (κ2) is 5.63. The molecule has 0 bridgehead atoms. The fourth-order valence-electron chi connectivity index (χ4n) is 2.18. The largest absolute Gasteiger partial charge is 0.377 e. The molecule has 106 valence electrons. The number of nitro groups is 1. The number of nitrogens with one attached hydrogen (secondary N) is 1. The maximum atomic E-state index is 11.0. The average molecular weight is 290 g/mol. The van der Waals surface area contributed by atoms with Gasteiger partial charge in [-0.1, -0.05) is 0 Å². The Bertz CT molecular complexity index is 649. The van der Waals surface area contributed by atoms with Crippen LogP contribution in [-0.4, -0.2) is 4.92 Å². The molecule has 2 rings (SSSR count). The van der Waals surface area contributed by atoms with Crippen molar-refractivity contribution in [3.05, 3.63) is 55.3 Å². The highest BCUT2D eigenvalue weighted by Gasteiger charge is 2.15. The van der Waals surface area contributed by atoms with E-state index < -0.39 is 0 Å². The molecule has 1 heterocycles. The topological polar surface area (TPSA) is 55.2 Å². The molecule has 1 aromatic carbocycles. The molecule has 0 aliphatic heterocycles. The number of anilines is 1. The van der Waals surface area contributed by atoms with Crippen molar-refractivity contribution in [2.24, 2.45) is 0 Å². The van der Waals surface area contributed by atoms with E-state index in [1.54, 1.807) is 24.3 Å². The predicted octanol–water partition coefficient (Wildman–Crippen LogP) is 4.75. The van der Waals surface area contributed by atoms with Crippen molar-refractivity contribution in [2.45, 2.75) is 33.7 Å². The van der Waals surface area contributed by atoms with E-state index in [1.807, 2.05) is 13.0 Å². The third kappa shape index (κ3) is 2.99. The summed E-state index contributed by atoms with van der Waals surface area (Å²) in [5.41, 5.74) is 2.69. The zero-order valence-corrected chi connectivity index (χ0v) is 12.9. The highest BCUT2D eigenvalue weighted by atomic mass is 32.1. The van der Waals surface area contributed by atoms with Gasteiger partial charge >= 0.3 is 0 Å². The summed E-state index contributed by atoms with van der Waals surface area (Å²) >= 11 is 1.74. The molecule has 0 saturated heterocycles. The van der Waals surface area contributed by atoms with Crippen molar-refractivity contribution in [1.82, 2.24) is 0 Å². The van der Waals surface area contributed by atoms with Crippen LogP contribution in [0.15, 0.2) is 24.3 Å². The molecular weight excluding hydrogens is 272 g/mol. The quantitative estimate of drug-likeness (QED) is 0.652. The smallest absolute Gasteiger partial charge is 0.274 e. The van der Waals surface area contributed by atoms with Crippen molar-refractivity contribution >= 4 is 22.7 Å². The van der Waals surface area contributed by atoms with E-state index in [-0.39, 0.29) is 16.7 Å². The number of nitro benzene ring substituents is 1. The molecule has 1 N–H and O–H groups in total. The Morgan fingerprint density at radius 2 is 1.90 bits per heavy atom. The van der Waals surface area contributed by atoms with E-state index in [1.165, 1.54) is 9.75 Å². The van der Waals surface area contributed by atoms with Gasteiger partial charge in [-0.25, -0.2) is 0 Å². The molecule has 0 saturated carbocycles. The molecule has 0 aliphatic rings. The first-order chi connectivity index (χ1) is 9.38. The molecule has 1 unspecified atom stereocenters. The minimum atomic E-state index is -0.333. The van der Waals surface area contributed by atoms with Gasteiger partial charge in [-0.15, -0.1) is 11.3 Å². The first-order valence-electron chi connectivity index (χ1n) is 6.47. The van der Waals surface area contributed by atoms with E-state index in [4.69, 9.17) is 0 Å². The minimum Gasteiger partial charge on any atom is -0.377 e. The monoisotopic (exact) mass is 290 g/mol. The lowest BCUT2D eigenvalue weighted by atomic mass is 10.1. The number of aryl methyl sites for hydroxylation is 3. The highest BCUT2D eigenvalue weighted by Crippen LogP contribution is 2.31. The van der Waals surface area contributed by atoms with Gasteiger partial charge in [0.1, 0.15) is 0 Å². The number of hydrogen-bond acceptors (Lipinski definition) is 4. The van der Waals surface area contributed by atoms with Crippen molar-refractivity contribution in [1.29, 1.82) is 0 Å². The van der Waals surface area contributed by atoms with E-state index in [2.05, 4.69) is 31.3 Å². The number of benzene rings is 1. The van der Waals surface area contributed by atoms with Crippen LogP contribution in [0.25, 0.3) is 0 Å². The minimum absolute atomic E-state index is 0.134. The lowest BCUT2D eigenvalue weighted by Crippen LogP contribution is -2.07. The Hall–Kier alpha value is -1.88. The molecule has 20 heavy (non-hydrogen) atoms. The van der Waals surface area contributed by atoms with Gasteiger partial charge in [0.2, 0.25) is 0 Å². The maximum absolute atomic E-state index is 11.0. The summed E-state index contributed by atoms with van der Waals surface area (Å²) in [5, 5.41) is 14.4. The number of rotatable bonds is 4. The van der Waals surface area contributed by atoms with Crippen LogP contribution in [-0.2, 0) is 0 Å². The fraction of sp³-hybridized carbons (Fsp3) is 0.333. The zero-order valence-electron chi connectivity index (χ0n) is 12.1. The maximum Gasteiger partial charge on any atom is 0.274 e. The average Bonchev–Trinajstić information content (AvgIpc) is 2.79. The fourth-order valence-corrected chi connectivity index (χ4v) is 3.06. The van der Waals surface area contributed by atoms with Crippen molar-refractivity contribution < 1.29 is 4.92 Å². The van der Waals surface area contributed by atoms with E-state index in [9.17, 15) is 10.1 Å². The Kier molecular flexibility index (Phi) is 4.09. The van der Waals surface area contributed by atoms with E-state index in [0.717, 1.165) is 11.3 Å². The van der Waals surface area contributed by atoms with Crippen LogP contribution in [0.4, 0.5) is 11.4 Å². The Morgan fingerprint density at radius 3 is 2.45 bits per heavy atom. The van der Waals surface area contributed by atoms with Crippen LogP contribution >= 0.6 is 11.3 Å². The summed E-state index contributed by atoms with van der Waals surface area (Å²) < 4.78 is 0. The summed E-state index contributed by atoms with van der Waals surface area (Å²) in [5.74, 6) is 0. The van der Waals surface area contributed by atoms with Crippen LogP contribution in [0, 0.1) is 30.9 Å². The van der Waals surface area contributed by atoms with Gasteiger partial charge in [-0.3, -0.25) is 10.1 Å². The normalized spacial score (nSPS) is 12.2. The van der Waals surface area contributed by atoms with Gasteiger partial charge in [0.15, 0.2) is 0 Å². The van der Waals surface area contributed by atoms with Crippen LogP contribution < -0.4 is 5.32 Å². The van der Waals surface area contributed by atoms with Gasteiger partial charge in [0.25, 0.3) is 5.69 Å². The van der Waals surface area contributed by atoms with Crippen LogP contribution in [0.5, 0.6) is 0 Å². The molecule has 2 aromatic rings. The van der Waals surface area contributed by atoms with Gasteiger partial charge < -0.3 is 5.32 Å². The first-order valence-corrected chi connectivity index (χ1v) is 7.28. The lowest BCUT2D eigenvalue weighted by Gasteiger charge is -2.16.